The van der Waals surface area contributed by atoms with E-state index in [0.29, 0.717) is 32.3 Å². The summed E-state index contributed by atoms with van der Waals surface area (Å²) in [6.07, 6.45) is 7.74. The van der Waals surface area contributed by atoms with Gasteiger partial charge in [-0.3, -0.25) is 9.69 Å². The average Bonchev–Trinajstić information content (AvgIpc) is 3.49. The molecule has 3 fully saturated rings. The average molecular weight is 399 g/mol. The molecule has 1 atom stereocenters. The Bertz CT molecular complexity index is 838. The molecule has 0 N–H and O–H groups in total. The van der Waals surface area contributed by atoms with E-state index in [1.54, 1.807) is 11.3 Å². The summed E-state index contributed by atoms with van der Waals surface area (Å²) >= 11 is 1.69. The Hall–Kier alpha value is -1.43. The molecule has 4 nitrogen and oxygen atoms in total. The van der Waals surface area contributed by atoms with Crippen molar-refractivity contribution in [3.8, 4) is 0 Å². The molecule has 0 spiro atoms. The van der Waals surface area contributed by atoms with Crippen molar-refractivity contribution < 1.29 is 9.53 Å². The zero-order valence-corrected chi connectivity index (χ0v) is 17.4. The van der Waals surface area contributed by atoms with E-state index in [1.807, 2.05) is 4.90 Å². The van der Waals surface area contributed by atoms with Crippen LogP contribution in [0, 0.1) is 5.92 Å². The molecule has 2 aliphatic heterocycles. The Labute approximate surface area is 171 Å². The summed E-state index contributed by atoms with van der Waals surface area (Å²) in [5, 5.41) is 1.29. The van der Waals surface area contributed by atoms with Crippen LogP contribution in [0.25, 0.3) is 10.1 Å². The van der Waals surface area contributed by atoms with Gasteiger partial charge in [0.2, 0.25) is 0 Å². The maximum absolute atomic E-state index is 13.4. The first kappa shape index (κ1) is 18.6. The monoisotopic (exact) mass is 398 g/mol. The molecule has 28 heavy (non-hydrogen) atoms. The van der Waals surface area contributed by atoms with Gasteiger partial charge in [0.25, 0.3) is 5.91 Å². The van der Waals surface area contributed by atoms with E-state index in [1.165, 1.54) is 60.8 Å². The quantitative estimate of drug-likeness (QED) is 0.757. The second-order valence-electron chi connectivity index (χ2n) is 8.60. The van der Waals surface area contributed by atoms with Crippen molar-refractivity contribution in [3.05, 3.63) is 34.7 Å². The van der Waals surface area contributed by atoms with Crippen molar-refractivity contribution in [3.63, 3.8) is 0 Å². The van der Waals surface area contributed by atoms with Crippen molar-refractivity contribution >= 4 is 27.3 Å². The maximum atomic E-state index is 13.4. The number of likely N-dealkylation sites (tertiary alicyclic amines) is 1. The molecule has 150 valence electrons. The van der Waals surface area contributed by atoms with Gasteiger partial charge in [0.15, 0.2) is 0 Å². The largest absolute Gasteiger partial charge is 0.378 e. The van der Waals surface area contributed by atoms with Gasteiger partial charge < -0.3 is 9.64 Å². The fraction of sp³-hybridized carbons (Fsp3) is 0.609. The molecule has 5 rings (SSSR count). The topological polar surface area (TPSA) is 32.8 Å². The highest BCUT2D eigenvalue weighted by atomic mass is 32.1. The van der Waals surface area contributed by atoms with E-state index in [0.717, 1.165) is 17.2 Å². The number of carbonyl (C=O) groups is 1. The van der Waals surface area contributed by atoms with E-state index in [2.05, 4.69) is 29.2 Å². The molecular weight excluding hydrogens is 368 g/mol. The van der Waals surface area contributed by atoms with Gasteiger partial charge in [-0.25, -0.2) is 0 Å². The lowest BCUT2D eigenvalue weighted by molar-refractivity contribution is 0.0305. The molecule has 2 aromatic rings. The van der Waals surface area contributed by atoms with Gasteiger partial charge >= 0.3 is 0 Å². The first-order chi connectivity index (χ1) is 13.8. The molecule has 1 amide bonds. The second kappa shape index (κ2) is 8.13. The Morgan fingerprint density at radius 2 is 1.89 bits per heavy atom. The number of thiophene rings is 1. The number of amides is 1. The lowest BCUT2D eigenvalue weighted by atomic mass is 9.93. The lowest BCUT2D eigenvalue weighted by Crippen LogP contribution is -2.43. The van der Waals surface area contributed by atoms with E-state index in [9.17, 15) is 4.79 Å². The van der Waals surface area contributed by atoms with Crippen molar-refractivity contribution in [1.82, 2.24) is 9.80 Å². The summed E-state index contributed by atoms with van der Waals surface area (Å²) in [6.45, 7) is 5.23. The van der Waals surface area contributed by atoms with Crippen LogP contribution in [0.2, 0.25) is 0 Å². The maximum Gasteiger partial charge on any atom is 0.264 e. The molecule has 1 aromatic carbocycles. The summed E-state index contributed by atoms with van der Waals surface area (Å²) in [4.78, 5) is 19.1. The van der Waals surface area contributed by atoms with Crippen LogP contribution < -0.4 is 0 Å². The SMILES string of the molecule is O=C(c1sc2ccccc2c1C[C@H]1CCCCN1CC1CC1)N1CCOCC1. The van der Waals surface area contributed by atoms with Crippen LogP contribution in [0.4, 0.5) is 0 Å². The molecule has 1 aromatic heterocycles. The van der Waals surface area contributed by atoms with Crippen LogP contribution >= 0.6 is 11.3 Å². The Morgan fingerprint density at radius 1 is 1.07 bits per heavy atom. The number of ether oxygens (including phenoxy) is 1. The van der Waals surface area contributed by atoms with Gasteiger partial charge in [0.1, 0.15) is 0 Å². The van der Waals surface area contributed by atoms with E-state index in [4.69, 9.17) is 4.74 Å². The van der Waals surface area contributed by atoms with Crippen LogP contribution in [-0.4, -0.2) is 61.1 Å². The second-order valence-corrected chi connectivity index (χ2v) is 9.65. The highest BCUT2D eigenvalue weighted by Crippen LogP contribution is 2.37. The highest BCUT2D eigenvalue weighted by molar-refractivity contribution is 7.21. The summed E-state index contributed by atoms with van der Waals surface area (Å²) in [5.74, 6) is 1.14. The molecule has 0 radical (unpaired) electrons. The predicted octanol–water partition coefficient (Wildman–Crippen LogP) is 4.18. The molecule has 2 saturated heterocycles. The minimum atomic E-state index is 0.212. The summed E-state index contributed by atoms with van der Waals surface area (Å²) in [5.41, 5.74) is 1.30. The van der Waals surface area contributed by atoms with Gasteiger partial charge in [-0.05, 0) is 61.6 Å². The lowest BCUT2D eigenvalue weighted by Gasteiger charge is -2.36. The van der Waals surface area contributed by atoms with Gasteiger partial charge in [-0.2, -0.15) is 0 Å². The number of morpholine rings is 1. The first-order valence-electron chi connectivity index (χ1n) is 10.9. The molecular formula is C23H30N2O2S. The molecule has 5 heteroatoms. The van der Waals surface area contributed by atoms with E-state index < -0.39 is 0 Å². The number of fused-ring (bicyclic) bond motifs is 1. The number of nitrogens with zero attached hydrogens (tertiary/aromatic N) is 2. The van der Waals surface area contributed by atoms with Crippen LogP contribution in [0.1, 0.15) is 47.3 Å². The fourth-order valence-electron chi connectivity index (χ4n) is 4.78. The van der Waals surface area contributed by atoms with Crippen LogP contribution in [0.3, 0.4) is 0 Å². The summed E-state index contributed by atoms with van der Waals surface area (Å²) < 4.78 is 6.70. The predicted molar refractivity (Wildman–Crippen MR) is 114 cm³/mol. The van der Waals surface area contributed by atoms with E-state index >= 15 is 0 Å². The van der Waals surface area contributed by atoms with Crippen LogP contribution in [0.15, 0.2) is 24.3 Å². The Balaban J connectivity index is 1.45. The van der Waals surface area contributed by atoms with Crippen LogP contribution in [-0.2, 0) is 11.2 Å². The number of benzene rings is 1. The van der Waals surface area contributed by atoms with Crippen molar-refractivity contribution in [1.29, 1.82) is 0 Å². The zero-order chi connectivity index (χ0) is 18.9. The zero-order valence-electron chi connectivity index (χ0n) is 16.6. The van der Waals surface area contributed by atoms with E-state index in [-0.39, 0.29) is 5.91 Å². The number of hydrogen-bond acceptors (Lipinski definition) is 4. The molecule has 0 unspecified atom stereocenters. The Morgan fingerprint density at radius 3 is 2.71 bits per heavy atom. The van der Waals surface area contributed by atoms with Crippen molar-refractivity contribution in [2.24, 2.45) is 5.92 Å². The third-order valence-electron chi connectivity index (χ3n) is 6.57. The van der Waals surface area contributed by atoms with Gasteiger partial charge in [-0.1, -0.05) is 24.6 Å². The fourth-order valence-corrected chi connectivity index (χ4v) is 5.98. The molecule has 3 heterocycles. The number of carbonyl (C=O) groups excluding carboxylic acids is 1. The van der Waals surface area contributed by atoms with Crippen molar-refractivity contribution in [2.45, 2.75) is 44.6 Å². The number of rotatable bonds is 5. The Kier molecular flexibility index (Phi) is 5.40. The standard InChI is InChI=1S/C23H30N2O2S/c26-23(24-11-13-27-14-12-24)22-20(19-6-1-2-7-21(19)28-22)15-18-5-3-4-10-25(18)16-17-8-9-17/h1-2,6-7,17-18H,3-5,8-16H2/t18-/m1/s1. The number of piperidine rings is 1. The van der Waals surface area contributed by atoms with Gasteiger partial charge in [-0.15, -0.1) is 11.3 Å². The molecule has 0 bridgehead atoms. The third kappa shape index (κ3) is 3.85. The smallest absolute Gasteiger partial charge is 0.264 e. The van der Waals surface area contributed by atoms with Gasteiger partial charge in [0, 0.05) is 30.4 Å². The normalized spacial score (nSPS) is 24.0. The summed E-state index contributed by atoms with van der Waals surface area (Å²) in [7, 11) is 0. The van der Waals surface area contributed by atoms with Crippen LogP contribution in [0.5, 0.6) is 0 Å². The minimum absolute atomic E-state index is 0.212. The third-order valence-corrected chi connectivity index (χ3v) is 7.77. The minimum Gasteiger partial charge on any atom is -0.378 e. The van der Waals surface area contributed by atoms with Crippen molar-refractivity contribution in [2.75, 3.05) is 39.4 Å². The molecule has 1 saturated carbocycles. The summed E-state index contributed by atoms with van der Waals surface area (Å²) in [6, 6.07) is 9.17. The first-order valence-corrected chi connectivity index (χ1v) is 11.7. The molecule has 1 aliphatic carbocycles. The van der Waals surface area contributed by atoms with Gasteiger partial charge in [0.05, 0.1) is 18.1 Å². The molecule has 3 aliphatic rings. The highest BCUT2D eigenvalue weighted by Gasteiger charge is 2.32. The number of hydrogen-bond donors (Lipinski definition) is 0.